The summed E-state index contributed by atoms with van der Waals surface area (Å²) >= 11 is 0. The third-order valence-electron chi connectivity index (χ3n) is 11.9. The van der Waals surface area contributed by atoms with E-state index in [1.54, 1.807) is 24.3 Å². The number of hydrogen-bond acceptors (Lipinski definition) is 10. The fraction of sp³-hybridized carbons (Fsp3) is 0.556. The van der Waals surface area contributed by atoms with Gasteiger partial charge < -0.3 is 34.8 Å². The number of aliphatic hydroxyl groups is 3. The maximum Gasteiger partial charge on any atom is 0.349 e. The Morgan fingerprint density at radius 1 is 0.947 bits per heavy atom. The number of fused-ring (bicyclic) bond motifs is 1. The van der Waals surface area contributed by atoms with E-state index in [2.05, 4.69) is 37.4 Å². The van der Waals surface area contributed by atoms with E-state index in [1.165, 1.54) is 24.3 Å². The van der Waals surface area contributed by atoms with Crippen molar-refractivity contribution in [1.29, 1.82) is 0 Å². The number of allylic oxidation sites excluding steroid dienone is 3. The lowest BCUT2D eigenvalue weighted by Crippen LogP contribution is -2.51. The Bertz CT molecular complexity index is 1770. The number of esters is 3. The first-order chi connectivity index (χ1) is 27.0. The minimum atomic E-state index is -1.18. The van der Waals surface area contributed by atoms with Crippen LogP contribution in [-0.2, 0) is 28.7 Å². The van der Waals surface area contributed by atoms with Crippen molar-refractivity contribution in [2.75, 3.05) is 6.61 Å². The fourth-order valence-electron chi connectivity index (χ4n) is 8.08. The van der Waals surface area contributed by atoms with Crippen molar-refractivity contribution in [2.45, 2.75) is 116 Å². The standard InChI is InChI=1S/C45H58FNO10/c1-6-45(4,5)44(54)57-38-22-26(2)21-30-8-7-27(3)35(41(30)38)18-15-32(48)23-33(49)24-39(51)55-25-40(52)56-34-16-11-29(12-17-34)42-36(43(53)47-42)19-20-37(50)28-9-13-31(46)14-10-28/h7-14,16-17,21,26-27,32-33,35-38,41-42,48-50H,6,15,18-20,22-25H2,1-5H3,(H,47,53)/t26-,27-,32+,33+,35?,36+,37-,38-,41-,42+/m0/s1. The molecule has 1 unspecified atom stereocenters. The van der Waals surface area contributed by atoms with Gasteiger partial charge in [-0.2, -0.15) is 0 Å². The first-order valence-corrected chi connectivity index (χ1v) is 20.2. The summed E-state index contributed by atoms with van der Waals surface area (Å²) in [6, 6.07) is 11.9. The van der Waals surface area contributed by atoms with Crippen LogP contribution in [0.2, 0.25) is 0 Å². The monoisotopic (exact) mass is 791 g/mol. The zero-order valence-corrected chi connectivity index (χ0v) is 33.6. The molecule has 2 aromatic carbocycles. The molecule has 2 aliphatic carbocycles. The van der Waals surface area contributed by atoms with E-state index in [0.29, 0.717) is 37.7 Å². The number of rotatable bonds is 18. The fourth-order valence-corrected chi connectivity index (χ4v) is 8.08. The number of halogens is 1. The largest absolute Gasteiger partial charge is 0.461 e. The number of amides is 1. The molecule has 1 fully saturated rings. The van der Waals surface area contributed by atoms with Crippen LogP contribution in [-0.4, -0.2) is 64.1 Å². The van der Waals surface area contributed by atoms with Crippen molar-refractivity contribution in [3.8, 4) is 5.75 Å². The quantitative estimate of drug-likeness (QED) is 0.0733. The van der Waals surface area contributed by atoms with E-state index in [-0.39, 0.29) is 65.8 Å². The molecule has 11 nitrogen and oxygen atoms in total. The summed E-state index contributed by atoms with van der Waals surface area (Å²) in [6.07, 6.45) is 6.09. The lowest BCUT2D eigenvalue weighted by molar-refractivity contribution is -0.164. The highest BCUT2D eigenvalue weighted by Gasteiger charge is 2.43. The molecular weight excluding hydrogens is 733 g/mol. The lowest BCUT2D eigenvalue weighted by Gasteiger charge is -2.44. The number of carbonyl (C=O) groups is 4. The van der Waals surface area contributed by atoms with Crippen LogP contribution in [0.25, 0.3) is 0 Å². The van der Waals surface area contributed by atoms with Gasteiger partial charge in [-0.25, -0.2) is 9.18 Å². The molecule has 10 atom stereocenters. The molecule has 0 aromatic heterocycles. The van der Waals surface area contributed by atoms with Crippen molar-refractivity contribution in [3.05, 3.63) is 89.3 Å². The molecule has 1 saturated heterocycles. The number of aliphatic hydroxyl groups excluding tert-OH is 3. The second-order valence-corrected chi connectivity index (χ2v) is 16.7. The number of β-lactam (4-membered cyclic amide) rings is 1. The van der Waals surface area contributed by atoms with Gasteiger partial charge >= 0.3 is 17.9 Å². The van der Waals surface area contributed by atoms with Crippen LogP contribution in [0.5, 0.6) is 5.75 Å². The number of nitrogens with one attached hydrogen (secondary N) is 1. The first kappa shape index (κ1) is 43.7. The molecule has 12 heteroatoms. The zero-order chi connectivity index (χ0) is 41.4. The van der Waals surface area contributed by atoms with Crippen molar-refractivity contribution in [3.63, 3.8) is 0 Å². The third-order valence-corrected chi connectivity index (χ3v) is 11.9. The van der Waals surface area contributed by atoms with Crippen LogP contribution >= 0.6 is 0 Å². The molecule has 1 aliphatic heterocycles. The minimum absolute atomic E-state index is 0.00671. The Labute approximate surface area is 334 Å². The molecular formula is C45H58FNO10. The molecule has 0 saturated carbocycles. The Morgan fingerprint density at radius 2 is 1.65 bits per heavy atom. The van der Waals surface area contributed by atoms with Gasteiger partial charge in [0.05, 0.1) is 42.1 Å². The van der Waals surface area contributed by atoms with Gasteiger partial charge in [-0.15, -0.1) is 0 Å². The van der Waals surface area contributed by atoms with Gasteiger partial charge in [0.2, 0.25) is 5.91 Å². The van der Waals surface area contributed by atoms with Gasteiger partial charge in [0, 0.05) is 5.92 Å². The summed E-state index contributed by atoms with van der Waals surface area (Å²) in [4.78, 5) is 50.3. The Morgan fingerprint density at radius 3 is 2.32 bits per heavy atom. The van der Waals surface area contributed by atoms with Crippen molar-refractivity contribution >= 4 is 23.8 Å². The summed E-state index contributed by atoms with van der Waals surface area (Å²) in [5, 5.41) is 34.8. The van der Waals surface area contributed by atoms with Crippen molar-refractivity contribution in [2.24, 2.45) is 35.0 Å². The van der Waals surface area contributed by atoms with Gasteiger partial charge in [-0.05, 0) is 118 Å². The Hall–Kier alpha value is -4.39. The maximum absolute atomic E-state index is 13.2. The molecule has 4 N–H and O–H groups in total. The predicted octanol–water partition coefficient (Wildman–Crippen LogP) is 6.61. The smallest absolute Gasteiger partial charge is 0.349 e. The molecule has 1 amide bonds. The van der Waals surface area contributed by atoms with Crippen molar-refractivity contribution < 1.29 is 53.1 Å². The van der Waals surface area contributed by atoms with Crippen LogP contribution in [0.3, 0.4) is 0 Å². The van der Waals surface area contributed by atoms with Gasteiger partial charge in [-0.1, -0.05) is 63.3 Å². The highest BCUT2D eigenvalue weighted by atomic mass is 19.1. The highest BCUT2D eigenvalue weighted by molar-refractivity contribution is 5.86. The van der Waals surface area contributed by atoms with Gasteiger partial charge in [0.25, 0.3) is 0 Å². The number of hydrogen-bond donors (Lipinski definition) is 4. The van der Waals surface area contributed by atoms with Gasteiger partial charge in [-0.3, -0.25) is 14.4 Å². The average Bonchev–Trinajstić information content (AvgIpc) is 3.16. The number of ether oxygens (including phenoxy) is 3. The van der Waals surface area contributed by atoms with Crippen LogP contribution in [0.15, 0.2) is 72.3 Å². The number of benzene rings is 2. The Kier molecular flexibility index (Phi) is 14.9. The van der Waals surface area contributed by atoms with Gasteiger partial charge in [0.15, 0.2) is 6.61 Å². The van der Waals surface area contributed by atoms with Gasteiger partial charge in [0.1, 0.15) is 17.7 Å². The van der Waals surface area contributed by atoms with Crippen LogP contribution in [0.1, 0.15) is 109 Å². The molecule has 1 heterocycles. The van der Waals surface area contributed by atoms with E-state index in [4.69, 9.17) is 14.2 Å². The lowest BCUT2D eigenvalue weighted by atomic mass is 9.65. The summed E-state index contributed by atoms with van der Waals surface area (Å²) in [5.41, 5.74) is 1.94. The SMILES string of the molecule is CCC(C)(C)C(=O)O[C@H]1C[C@@H](C)C=C2C=C[C@H](C)C(CC[C@@H](O)C[C@@H](O)CC(=O)OCC(=O)Oc3ccc([C@H]4NC(=O)[C@@H]4CC[C@H](O)c4ccc(F)cc4)cc3)[C@H]21. The molecule has 2 aromatic rings. The summed E-state index contributed by atoms with van der Waals surface area (Å²) in [7, 11) is 0. The second-order valence-electron chi connectivity index (χ2n) is 16.7. The third kappa shape index (κ3) is 11.6. The molecule has 0 radical (unpaired) electrons. The minimum Gasteiger partial charge on any atom is -0.461 e. The van der Waals surface area contributed by atoms with E-state index in [1.807, 2.05) is 20.8 Å². The molecule has 0 spiro atoms. The zero-order valence-electron chi connectivity index (χ0n) is 33.6. The normalized spacial score (nSPS) is 25.8. The maximum atomic E-state index is 13.2. The Balaban J connectivity index is 1.02. The molecule has 310 valence electrons. The van der Waals surface area contributed by atoms with Crippen LogP contribution in [0.4, 0.5) is 4.39 Å². The second kappa shape index (κ2) is 19.4. The first-order valence-electron chi connectivity index (χ1n) is 20.2. The summed E-state index contributed by atoms with van der Waals surface area (Å²) in [5.74, 6) is -1.94. The average molecular weight is 792 g/mol. The predicted molar refractivity (Wildman–Crippen MR) is 210 cm³/mol. The van der Waals surface area contributed by atoms with Crippen LogP contribution in [0, 0.1) is 40.8 Å². The topological polar surface area (TPSA) is 169 Å². The van der Waals surface area contributed by atoms with E-state index in [9.17, 15) is 38.9 Å². The number of carbonyl (C=O) groups excluding carboxylic acids is 4. The summed E-state index contributed by atoms with van der Waals surface area (Å²) in [6.45, 7) is 9.35. The van der Waals surface area contributed by atoms with E-state index < -0.39 is 54.5 Å². The molecule has 3 aliphatic rings. The molecule has 57 heavy (non-hydrogen) atoms. The van der Waals surface area contributed by atoms with Crippen molar-refractivity contribution in [1.82, 2.24) is 5.32 Å². The molecule has 5 rings (SSSR count). The summed E-state index contributed by atoms with van der Waals surface area (Å²) < 4.78 is 29.7. The highest BCUT2D eigenvalue weighted by Crippen LogP contribution is 2.45. The van der Waals surface area contributed by atoms with E-state index in [0.717, 1.165) is 17.6 Å². The van der Waals surface area contributed by atoms with Crippen LogP contribution < -0.4 is 10.1 Å². The van der Waals surface area contributed by atoms with E-state index >= 15 is 0 Å². The molecule has 0 bridgehead atoms.